The molecule has 0 radical (unpaired) electrons. The predicted octanol–water partition coefficient (Wildman–Crippen LogP) is 2.56. The van der Waals surface area contributed by atoms with E-state index in [0.717, 1.165) is 0 Å². The van der Waals surface area contributed by atoms with E-state index in [9.17, 15) is 14.9 Å². The molecule has 7 nitrogen and oxygen atoms in total. The largest absolute Gasteiger partial charge is 0.475 e. The number of rotatable bonds is 3. The normalized spacial score (nSPS) is 10.4. The number of aromatic carboxylic acids is 1. The first-order chi connectivity index (χ1) is 8.90. The zero-order valence-corrected chi connectivity index (χ0v) is 10.2. The fourth-order valence-electron chi connectivity index (χ4n) is 1.66. The highest BCUT2D eigenvalue weighted by Gasteiger charge is 2.19. The number of nitrogens with zero attached hydrogens (tertiary/aromatic N) is 2. The molecular formula is C12H10N2O5. The van der Waals surface area contributed by atoms with Gasteiger partial charge in [0.2, 0.25) is 11.7 Å². The summed E-state index contributed by atoms with van der Waals surface area (Å²) >= 11 is 0. The number of nitro groups is 1. The first kappa shape index (κ1) is 12.7. The molecule has 0 amide bonds. The van der Waals surface area contributed by atoms with Crippen molar-refractivity contribution in [1.82, 2.24) is 4.98 Å². The molecule has 1 heterocycles. The quantitative estimate of drug-likeness (QED) is 0.672. The first-order valence-electron chi connectivity index (χ1n) is 5.36. The molecule has 19 heavy (non-hydrogen) atoms. The van der Waals surface area contributed by atoms with Gasteiger partial charge in [-0.3, -0.25) is 10.1 Å². The highest BCUT2D eigenvalue weighted by atomic mass is 16.6. The van der Waals surface area contributed by atoms with Crippen LogP contribution in [-0.4, -0.2) is 21.0 Å². The van der Waals surface area contributed by atoms with Crippen molar-refractivity contribution in [3.8, 4) is 11.5 Å². The Hall–Kier alpha value is -2.70. The summed E-state index contributed by atoms with van der Waals surface area (Å²) in [6.45, 7) is 3.12. The molecular weight excluding hydrogens is 252 g/mol. The molecule has 0 bridgehead atoms. The SMILES string of the molecule is Cc1ccc(-c2nc(C)c(C(=O)O)o2)cc1[N+](=O)[O-]. The van der Waals surface area contributed by atoms with Crippen LogP contribution >= 0.6 is 0 Å². The maximum Gasteiger partial charge on any atom is 0.373 e. The van der Waals surface area contributed by atoms with Crippen LogP contribution in [0.3, 0.4) is 0 Å². The summed E-state index contributed by atoms with van der Waals surface area (Å²) < 4.78 is 5.10. The molecule has 1 aromatic heterocycles. The molecule has 0 aliphatic carbocycles. The Kier molecular flexibility index (Phi) is 3.04. The average molecular weight is 262 g/mol. The fourth-order valence-corrected chi connectivity index (χ4v) is 1.66. The molecule has 0 aliphatic rings. The Labute approximate surface area is 107 Å². The summed E-state index contributed by atoms with van der Waals surface area (Å²) in [7, 11) is 0. The highest BCUT2D eigenvalue weighted by molar-refractivity contribution is 5.86. The van der Waals surface area contributed by atoms with E-state index in [1.54, 1.807) is 19.1 Å². The lowest BCUT2D eigenvalue weighted by Crippen LogP contribution is -1.95. The number of hydrogen-bond acceptors (Lipinski definition) is 5. The van der Waals surface area contributed by atoms with E-state index < -0.39 is 10.9 Å². The minimum absolute atomic E-state index is 0.0537. The van der Waals surface area contributed by atoms with Crippen molar-refractivity contribution in [2.24, 2.45) is 0 Å². The zero-order valence-electron chi connectivity index (χ0n) is 10.2. The summed E-state index contributed by atoms with van der Waals surface area (Å²) in [6.07, 6.45) is 0. The van der Waals surface area contributed by atoms with Crippen LogP contribution in [0.25, 0.3) is 11.5 Å². The Balaban J connectivity index is 2.53. The van der Waals surface area contributed by atoms with Gasteiger partial charge in [0.05, 0.1) is 10.6 Å². The number of oxazole rings is 1. The van der Waals surface area contributed by atoms with Gasteiger partial charge in [-0.2, -0.15) is 0 Å². The third-order valence-electron chi connectivity index (χ3n) is 2.64. The van der Waals surface area contributed by atoms with Crippen molar-refractivity contribution in [1.29, 1.82) is 0 Å². The van der Waals surface area contributed by atoms with E-state index in [1.807, 2.05) is 0 Å². The standard InChI is InChI=1S/C12H10N2O5/c1-6-3-4-8(5-9(6)14(17)18)11-13-7(2)10(19-11)12(15)16/h3-5H,1-2H3,(H,15,16). The number of nitro benzene ring substituents is 1. The molecule has 2 rings (SSSR count). The molecule has 0 aliphatic heterocycles. The molecule has 1 N–H and O–H groups in total. The van der Waals surface area contributed by atoms with Gasteiger partial charge in [-0.15, -0.1) is 0 Å². The van der Waals surface area contributed by atoms with E-state index in [4.69, 9.17) is 9.52 Å². The van der Waals surface area contributed by atoms with E-state index >= 15 is 0 Å². The van der Waals surface area contributed by atoms with Crippen LogP contribution in [0.4, 0.5) is 5.69 Å². The van der Waals surface area contributed by atoms with Gasteiger partial charge in [0.1, 0.15) is 0 Å². The number of carbonyl (C=O) groups is 1. The van der Waals surface area contributed by atoms with Crippen LogP contribution in [-0.2, 0) is 0 Å². The average Bonchev–Trinajstić information content (AvgIpc) is 2.71. The van der Waals surface area contributed by atoms with Crippen molar-refractivity contribution in [3.05, 3.63) is 45.3 Å². The van der Waals surface area contributed by atoms with Crippen LogP contribution in [0.1, 0.15) is 21.8 Å². The third kappa shape index (κ3) is 2.30. The van der Waals surface area contributed by atoms with Gasteiger partial charge in [-0.05, 0) is 19.9 Å². The van der Waals surface area contributed by atoms with Crippen molar-refractivity contribution in [3.63, 3.8) is 0 Å². The lowest BCUT2D eigenvalue weighted by Gasteiger charge is -1.99. The van der Waals surface area contributed by atoms with Gasteiger partial charge in [-0.25, -0.2) is 9.78 Å². The molecule has 2 aromatic rings. The summed E-state index contributed by atoms with van der Waals surface area (Å²) in [4.78, 5) is 25.2. The number of benzene rings is 1. The second-order valence-corrected chi connectivity index (χ2v) is 4.00. The van der Waals surface area contributed by atoms with Crippen LogP contribution < -0.4 is 0 Å². The highest BCUT2D eigenvalue weighted by Crippen LogP contribution is 2.27. The van der Waals surface area contributed by atoms with Gasteiger partial charge in [0.15, 0.2) is 0 Å². The second-order valence-electron chi connectivity index (χ2n) is 4.00. The Bertz CT molecular complexity index is 675. The van der Waals surface area contributed by atoms with Crippen molar-refractivity contribution in [2.75, 3.05) is 0 Å². The minimum atomic E-state index is -1.22. The first-order valence-corrected chi connectivity index (χ1v) is 5.36. The topological polar surface area (TPSA) is 106 Å². The van der Waals surface area contributed by atoms with Gasteiger partial charge in [0, 0.05) is 17.2 Å². The van der Waals surface area contributed by atoms with Crippen molar-refractivity contribution < 1.29 is 19.2 Å². The maximum atomic E-state index is 10.9. The zero-order chi connectivity index (χ0) is 14.2. The lowest BCUT2D eigenvalue weighted by atomic mass is 10.1. The number of aromatic nitrogens is 1. The van der Waals surface area contributed by atoms with E-state index in [2.05, 4.69) is 4.98 Å². The van der Waals surface area contributed by atoms with Gasteiger partial charge < -0.3 is 9.52 Å². The third-order valence-corrected chi connectivity index (χ3v) is 2.64. The molecule has 1 aromatic carbocycles. The monoisotopic (exact) mass is 262 g/mol. The van der Waals surface area contributed by atoms with E-state index in [1.165, 1.54) is 13.0 Å². The van der Waals surface area contributed by atoms with Gasteiger partial charge in [0.25, 0.3) is 5.69 Å². The van der Waals surface area contributed by atoms with E-state index in [-0.39, 0.29) is 23.0 Å². The van der Waals surface area contributed by atoms with Crippen LogP contribution in [0.15, 0.2) is 22.6 Å². The van der Waals surface area contributed by atoms with E-state index in [0.29, 0.717) is 11.1 Å². The molecule has 0 fully saturated rings. The second kappa shape index (κ2) is 4.52. The van der Waals surface area contributed by atoms with Crippen LogP contribution in [0.5, 0.6) is 0 Å². The molecule has 0 atom stereocenters. The molecule has 0 unspecified atom stereocenters. The Morgan fingerprint density at radius 3 is 2.63 bits per heavy atom. The summed E-state index contributed by atoms with van der Waals surface area (Å²) in [5.41, 5.74) is 1.04. The minimum Gasteiger partial charge on any atom is -0.475 e. The molecule has 7 heteroatoms. The number of hydrogen-bond donors (Lipinski definition) is 1. The summed E-state index contributed by atoms with van der Waals surface area (Å²) in [5.74, 6) is -1.44. The smallest absolute Gasteiger partial charge is 0.373 e. The van der Waals surface area contributed by atoms with Crippen LogP contribution in [0.2, 0.25) is 0 Å². The van der Waals surface area contributed by atoms with Gasteiger partial charge in [-0.1, -0.05) is 6.07 Å². The molecule has 98 valence electrons. The van der Waals surface area contributed by atoms with Crippen molar-refractivity contribution >= 4 is 11.7 Å². The van der Waals surface area contributed by atoms with Crippen LogP contribution in [0, 0.1) is 24.0 Å². The van der Waals surface area contributed by atoms with Crippen molar-refractivity contribution in [2.45, 2.75) is 13.8 Å². The maximum absolute atomic E-state index is 10.9. The fraction of sp³-hybridized carbons (Fsp3) is 0.167. The molecule has 0 saturated carbocycles. The number of carboxylic acid groups (broad SMARTS) is 1. The molecule has 0 saturated heterocycles. The predicted molar refractivity (Wildman–Crippen MR) is 65.0 cm³/mol. The summed E-state index contributed by atoms with van der Waals surface area (Å²) in [5, 5.41) is 19.7. The van der Waals surface area contributed by atoms with Gasteiger partial charge >= 0.3 is 5.97 Å². The lowest BCUT2D eigenvalue weighted by molar-refractivity contribution is -0.385. The Morgan fingerprint density at radius 1 is 1.42 bits per heavy atom. The number of carboxylic acids is 1. The summed E-state index contributed by atoms with van der Waals surface area (Å²) in [6, 6.07) is 4.47. The molecule has 0 spiro atoms. The Morgan fingerprint density at radius 2 is 2.11 bits per heavy atom. The number of aryl methyl sites for hydroxylation is 2.